The van der Waals surface area contributed by atoms with Crippen molar-refractivity contribution < 1.29 is 38.1 Å². The summed E-state index contributed by atoms with van der Waals surface area (Å²) in [4.78, 5) is 38.6. The molecule has 1 aromatic carbocycles. The summed E-state index contributed by atoms with van der Waals surface area (Å²) in [5, 5.41) is 24.4. The lowest BCUT2D eigenvalue weighted by Crippen LogP contribution is -2.48. The van der Waals surface area contributed by atoms with Gasteiger partial charge in [0.1, 0.15) is 30.1 Å². The van der Waals surface area contributed by atoms with Gasteiger partial charge in [-0.15, -0.1) is 6.42 Å². The predicted octanol–water partition coefficient (Wildman–Crippen LogP) is 1.85. The van der Waals surface area contributed by atoms with Crippen LogP contribution in [-0.2, 0) is 23.4 Å². The van der Waals surface area contributed by atoms with Crippen LogP contribution in [0.4, 0.5) is 0 Å². The molecule has 6 atom stereocenters. The van der Waals surface area contributed by atoms with Crippen LogP contribution in [-0.4, -0.2) is 62.3 Å². The maximum absolute atomic E-state index is 13.9. The maximum atomic E-state index is 13.9. The van der Waals surface area contributed by atoms with E-state index in [0.717, 1.165) is 29.7 Å². The zero-order valence-corrected chi connectivity index (χ0v) is 24.0. The van der Waals surface area contributed by atoms with Crippen molar-refractivity contribution in [3.05, 3.63) is 63.4 Å². The number of benzene rings is 1. The van der Waals surface area contributed by atoms with E-state index in [2.05, 4.69) is 5.09 Å². The molecule has 0 spiro atoms. The number of hydrogen-bond donors (Lipinski definition) is 4. The second-order valence-electron chi connectivity index (χ2n) is 9.64. The predicted molar refractivity (Wildman–Crippen MR) is 148 cm³/mol. The Kier molecular flexibility index (Phi) is 11.1. The van der Waals surface area contributed by atoms with Gasteiger partial charge >= 0.3 is 19.4 Å². The number of aromatic nitrogens is 2. The van der Waals surface area contributed by atoms with Crippen LogP contribution in [0.15, 0.2) is 52.2 Å². The summed E-state index contributed by atoms with van der Waals surface area (Å²) in [5.41, 5.74) is -4.05. The normalized spacial score (nSPS) is 24.4. The number of aromatic amines is 1. The topological polar surface area (TPSA) is 178 Å². The summed E-state index contributed by atoms with van der Waals surface area (Å²) in [5.74, 6) is 1.53. The first-order chi connectivity index (χ1) is 19.5. The van der Waals surface area contributed by atoms with Gasteiger partial charge in [0.05, 0.1) is 6.61 Å². The second-order valence-corrected chi connectivity index (χ2v) is 11.3. The third-order valence-electron chi connectivity index (χ3n) is 6.41. The zero-order chi connectivity index (χ0) is 30.2. The zero-order valence-electron chi connectivity index (χ0n) is 23.1. The van der Waals surface area contributed by atoms with Crippen LogP contribution in [0, 0.1) is 12.3 Å². The van der Waals surface area contributed by atoms with Crippen LogP contribution in [0.2, 0.25) is 0 Å². The molecule has 0 bridgehead atoms. The Hall–Kier alpha value is -3.24. The monoisotopic (exact) mass is 593 g/mol. The van der Waals surface area contributed by atoms with Gasteiger partial charge in [-0.1, -0.05) is 50.8 Å². The van der Waals surface area contributed by atoms with Gasteiger partial charge in [0.25, 0.3) is 5.56 Å². The molecule has 0 aliphatic carbocycles. The molecule has 0 saturated carbocycles. The molecular formula is C27H36N3O10P. The summed E-state index contributed by atoms with van der Waals surface area (Å²) >= 11 is 0. The first kappa shape index (κ1) is 32.3. The van der Waals surface area contributed by atoms with Gasteiger partial charge in [-0.25, -0.2) is 9.36 Å². The minimum Gasteiger partial charge on any atom is -0.461 e. The first-order valence-electron chi connectivity index (χ1n) is 13.3. The Morgan fingerprint density at radius 1 is 1.24 bits per heavy atom. The molecule has 0 radical (unpaired) electrons. The fourth-order valence-corrected chi connectivity index (χ4v) is 5.80. The Morgan fingerprint density at radius 3 is 2.49 bits per heavy atom. The second kappa shape index (κ2) is 14.1. The number of carbonyl (C=O) groups excluding carboxylic acids is 1. The standard InChI is InChI=1S/C27H36N3O10P/c1-5-11-19(12-6-2)38-24(33)18(4)29-41(36,40-20-13-9-8-10-14-20)37-17-21-23(32)27(35,7-3)25(39-21)30-16-15-22(31)28-26(30)34/h3,8-10,13-16,18-19,21,23,25,32,35H,5-6,11-12,17H2,1-2,4H3,(H,29,36)(H,28,31,34)/t18?,21-,23-,25-,27-,41?/m1/s1. The molecule has 0 amide bonds. The lowest BCUT2D eigenvalue weighted by Gasteiger charge is -2.26. The molecule has 4 N–H and O–H groups in total. The number of terminal acetylenes is 1. The molecule has 1 fully saturated rings. The molecule has 1 aliphatic rings. The first-order valence-corrected chi connectivity index (χ1v) is 14.8. The lowest BCUT2D eigenvalue weighted by atomic mass is 9.95. The summed E-state index contributed by atoms with van der Waals surface area (Å²) in [6, 6.07) is 7.93. The molecule has 1 aromatic heterocycles. The van der Waals surface area contributed by atoms with Crippen molar-refractivity contribution in [3.63, 3.8) is 0 Å². The molecule has 3 rings (SSSR count). The van der Waals surface area contributed by atoms with Crippen LogP contribution in [0.3, 0.4) is 0 Å². The highest BCUT2D eigenvalue weighted by Crippen LogP contribution is 2.47. The summed E-state index contributed by atoms with van der Waals surface area (Å²) in [6.07, 6.45) is 4.38. The number of hydrogen-bond acceptors (Lipinski definition) is 10. The molecule has 2 unspecified atom stereocenters. The Balaban J connectivity index is 1.81. The highest BCUT2D eigenvalue weighted by molar-refractivity contribution is 7.52. The number of aliphatic hydroxyl groups is 2. The SMILES string of the molecule is C#C[C@@]1(O)[C@H](O)[C@@H](COP(=O)(NC(C)C(=O)OC(CCC)CCC)Oc2ccccc2)O[C@H]1n1ccc(=O)[nH]c1=O. The van der Waals surface area contributed by atoms with E-state index in [9.17, 15) is 29.2 Å². The minimum absolute atomic E-state index is 0.157. The number of esters is 1. The minimum atomic E-state index is -4.35. The van der Waals surface area contributed by atoms with E-state index in [1.54, 1.807) is 18.2 Å². The number of H-pyrrole nitrogens is 1. The van der Waals surface area contributed by atoms with Gasteiger partial charge in [-0.3, -0.25) is 23.7 Å². The van der Waals surface area contributed by atoms with Gasteiger partial charge in [0.2, 0.25) is 0 Å². The third-order valence-corrected chi connectivity index (χ3v) is 8.05. The third kappa shape index (κ3) is 7.95. The number of para-hydroxylation sites is 1. The van der Waals surface area contributed by atoms with Crippen LogP contribution < -0.4 is 20.9 Å². The van der Waals surface area contributed by atoms with E-state index in [1.807, 2.05) is 24.8 Å². The molecule has 41 heavy (non-hydrogen) atoms. The van der Waals surface area contributed by atoms with Crippen molar-refractivity contribution >= 4 is 13.7 Å². The highest BCUT2D eigenvalue weighted by Gasteiger charge is 2.56. The quantitative estimate of drug-likeness (QED) is 0.143. The van der Waals surface area contributed by atoms with Crippen molar-refractivity contribution in [1.29, 1.82) is 0 Å². The van der Waals surface area contributed by atoms with Crippen molar-refractivity contribution in [2.45, 2.75) is 82.6 Å². The van der Waals surface area contributed by atoms with E-state index >= 15 is 0 Å². The molecule has 14 heteroatoms. The summed E-state index contributed by atoms with van der Waals surface area (Å²) in [6.45, 7) is 4.75. The summed E-state index contributed by atoms with van der Waals surface area (Å²) < 4.78 is 37.2. The fourth-order valence-electron chi connectivity index (χ4n) is 4.29. The van der Waals surface area contributed by atoms with Crippen LogP contribution in [0.25, 0.3) is 0 Å². The van der Waals surface area contributed by atoms with Gasteiger partial charge in [-0.05, 0) is 31.9 Å². The molecule has 224 valence electrons. The fraction of sp³-hybridized carbons (Fsp3) is 0.519. The molecule has 13 nitrogen and oxygen atoms in total. The van der Waals surface area contributed by atoms with Crippen molar-refractivity contribution in [3.8, 4) is 18.1 Å². The largest absolute Gasteiger partial charge is 0.461 e. The van der Waals surface area contributed by atoms with Crippen LogP contribution in [0.5, 0.6) is 5.75 Å². The summed E-state index contributed by atoms with van der Waals surface area (Å²) in [7, 11) is -4.35. The number of nitrogens with zero attached hydrogens (tertiary/aromatic N) is 1. The number of aliphatic hydroxyl groups excluding tert-OH is 1. The van der Waals surface area contributed by atoms with Crippen LogP contribution >= 0.6 is 7.75 Å². The lowest BCUT2D eigenvalue weighted by molar-refractivity contribution is -0.151. The van der Waals surface area contributed by atoms with E-state index in [-0.39, 0.29) is 11.9 Å². The molecule has 1 aliphatic heterocycles. The van der Waals surface area contributed by atoms with Crippen LogP contribution in [0.1, 0.15) is 52.7 Å². The Morgan fingerprint density at radius 2 is 1.90 bits per heavy atom. The van der Waals surface area contributed by atoms with Gasteiger partial charge in [0.15, 0.2) is 11.8 Å². The molecular weight excluding hydrogens is 557 g/mol. The van der Waals surface area contributed by atoms with Crippen molar-refractivity contribution in [2.24, 2.45) is 0 Å². The van der Waals surface area contributed by atoms with E-state index in [1.165, 1.54) is 19.1 Å². The Labute approximate surface area is 237 Å². The van der Waals surface area contributed by atoms with Gasteiger partial charge < -0.3 is 24.2 Å². The average molecular weight is 594 g/mol. The number of ether oxygens (including phenoxy) is 2. The maximum Gasteiger partial charge on any atom is 0.459 e. The molecule has 1 saturated heterocycles. The molecule has 2 heterocycles. The van der Waals surface area contributed by atoms with Crippen molar-refractivity contribution in [2.75, 3.05) is 6.61 Å². The Bertz CT molecular complexity index is 1370. The number of nitrogens with one attached hydrogen (secondary N) is 2. The number of rotatable bonds is 14. The van der Waals surface area contributed by atoms with Crippen molar-refractivity contribution in [1.82, 2.24) is 14.6 Å². The highest BCUT2D eigenvalue weighted by atomic mass is 31.2. The average Bonchev–Trinajstić information content (AvgIpc) is 3.18. The van der Waals surface area contributed by atoms with E-state index in [4.69, 9.17) is 24.9 Å². The number of carbonyl (C=O) groups is 1. The van der Waals surface area contributed by atoms with E-state index < -0.39 is 61.7 Å². The molecule has 2 aromatic rings. The van der Waals surface area contributed by atoms with Gasteiger partial charge in [0, 0.05) is 12.3 Å². The smallest absolute Gasteiger partial charge is 0.459 e. The van der Waals surface area contributed by atoms with Gasteiger partial charge in [-0.2, -0.15) is 5.09 Å². The van der Waals surface area contributed by atoms with E-state index in [0.29, 0.717) is 12.8 Å².